The van der Waals surface area contributed by atoms with E-state index in [1.165, 1.54) is 11.8 Å². The van der Waals surface area contributed by atoms with Crippen LogP contribution in [0.15, 0.2) is 40.4 Å². The molecule has 0 bridgehead atoms. The van der Waals surface area contributed by atoms with Gasteiger partial charge in [-0.05, 0) is 76.8 Å². The van der Waals surface area contributed by atoms with Gasteiger partial charge in [-0.1, -0.05) is 0 Å². The van der Waals surface area contributed by atoms with Crippen LogP contribution in [0.5, 0.6) is 0 Å². The van der Waals surface area contributed by atoms with Gasteiger partial charge in [0.15, 0.2) is 11.0 Å². The number of anilines is 4. The molecule has 1 amide bonds. The Kier molecular flexibility index (Phi) is 7.38. The summed E-state index contributed by atoms with van der Waals surface area (Å²) >= 11 is 1.49. The topological polar surface area (TPSA) is 102 Å². The second-order valence-electron chi connectivity index (χ2n) is 8.98. The summed E-state index contributed by atoms with van der Waals surface area (Å²) in [6.07, 6.45) is 1.98. The zero-order valence-corrected chi connectivity index (χ0v) is 21.2. The summed E-state index contributed by atoms with van der Waals surface area (Å²) in [5.41, 5.74) is 2.75. The summed E-state index contributed by atoms with van der Waals surface area (Å²) in [6.45, 7) is 5.74. The van der Waals surface area contributed by atoms with Crippen LogP contribution in [0.4, 0.5) is 23.1 Å². The fourth-order valence-electron chi connectivity index (χ4n) is 3.38. The lowest BCUT2D eigenvalue weighted by atomic mass is 10.3. The number of amides is 1. The highest BCUT2D eigenvalue weighted by Crippen LogP contribution is 2.33. The van der Waals surface area contributed by atoms with Gasteiger partial charge in [0.25, 0.3) is 0 Å². The third-order valence-corrected chi connectivity index (χ3v) is 6.45. The van der Waals surface area contributed by atoms with Gasteiger partial charge in [-0.15, -0.1) is 0 Å². The molecule has 1 aliphatic rings. The highest BCUT2D eigenvalue weighted by atomic mass is 32.2. The first-order valence-corrected chi connectivity index (χ1v) is 12.2. The van der Waals surface area contributed by atoms with Gasteiger partial charge in [-0.2, -0.15) is 5.10 Å². The van der Waals surface area contributed by atoms with Crippen molar-refractivity contribution in [3.63, 3.8) is 0 Å². The summed E-state index contributed by atoms with van der Waals surface area (Å²) in [5.74, 6) is 2.61. The van der Waals surface area contributed by atoms with Gasteiger partial charge < -0.3 is 20.4 Å². The highest BCUT2D eigenvalue weighted by Gasteiger charge is 2.29. The van der Waals surface area contributed by atoms with E-state index >= 15 is 0 Å². The monoisotopic (exact) mass is 480 g/mol. The average Bonchev–Trinajstić information content (AvgIpc) is 3.58. The average molecular weight is 481 g/mol. The van der Waals surface area contributed by atoms with Crippen molar-refractivity contribution < 1.29 is 4.79 Å². The number of nitrogens with one attached hydrogen (secondary N) is 3. The Hall–Kier alpha value is -3.11. The summed E-state index contributed by atoms with van der Waals surface area (Å²) in [6, 6.07) is 9.75. The quantitative estimate of drug-likeness (QED) is 0.374. The van der Waals surface area contributed by atoms with Crippen LogP contribution >= 0.6 is 11.8 Å². The minimum atomic E-state index is 0.108. The van der Waals surface area contributed by atoms with E-state index in [1.54, 1.807) is 0 Å². The number of aromatic nitrogens is 4. The van der Waals surface area contributed by atoms with E-state index < -0.39 is 0 Å². The number of benzene rings is 1. The van der Waals surface area contributed by atoms with Crippen LogP contribution in [0.2, 0.25) is 0 Å². The van der Waals surface area contributed by atoms with Crippen LogP contribution in [0.1, 0.15) is 24.1 Å². The van der Waals surface area contributed by atoms with Gasteiger partial charge in [0, 0.05) is 54.0 Å². The van der Waals surface area contributed by atoms with Crippen molar-refractivity contribution in [2.45, 2.75) is 36.7 Å². The van der Waals surface area contributed by atoms with E-state index in [0.717, 1.165) is 59.4 Å². The number of carbonyl (C=O) groups excluding carboxylic acids is 1. The van der Waals surface area contributed by atoms with E-state index in [-0.39, 0.29) is 11.8 Å². The molecule has 4 rings (SSSR count). The molecule has 2 heterocycles. The van der Waals surface area contributed by atoms with Crippen LogP contribution in [0.25, 0.3) is 0 Å². The zero-order valence-electron chi connectivity index (χ0n) is 20.3. The molecule has 0 radical (unpaired) electrons. The maximum absolute atomic E-state index is 12.0. The molecule has 0 aliphatic heterocycles. The molecular weight excluding hydrogens is 448 g/mol. The van der Waals surface area contributed by atoms with Crippen molar-refractivity contribution in [2.24, 2.45) is 5.92 Å². The van der Waals surface area contributed by atoms with E-state index in [9.17, 15) is 4.79 Å². The third-order valence-electron chi connectivity index (χ3n) is 5.58. The third kappa shape index (κ3) is 6.27. The predicted molar refractivity (Wildman–Crippen MR) is 137 cm³/mol. The van der Waals surface area contributed by atoms with Crippen molar-refractivity contribution in [3.05, 3.63) is 41.6 Å². The molecule has 180 valence electrons. The highest BCUT2D eigenvalue weighted by molar-refractivity contribution is 7.99. The largest absolute Gasteiger partial charge is 0.358 e. The molecule has 0 unspecified atom stereocenters. The maximum atomic E-state index is 12.0. The van der Waals surface area contributed by atoms with Crippen LogP contribution < -0.4 is 15.5 Å². The minimum absolute atomic E-state index is 0.108. The summed E-state index contributed by atoms with van der Waals surface area (Å²) in [5, 5.41) is 14.2. The molecule has 3 aromatic rings. The SMILES string of the molecule is Cc1cc(Nc2nc(Sc3ccc(NC(=O)C4CC4)cc3)nc(N(C)CCN(C)C)c2C)n[nH]1. The minimum Gasteiger partial charge on any atom is -0.358 e. The Balaban J connectivity index is 1.56. The fraction of sp³-hybridized carbons (Fsp3) is 0.417. The van der Waals surface area contributed by atoms with E-state index in [2.05, 4.69) is 44.7 Å². The Bertz CT molecular complexity index is 1140. The van der Waals surface area contributed by atoms with Gasteiger partial charge in [0.2, 0.25) is 5.91 Å². The number of likely N-dealkylation sites (N-methyl/N-ethyl adjacent to an activating group) is 2. The Labute approximate surface area is 204 Å². The summed E-state index contributed by atoms with van der Waals surface area (Å²) in [7, 11) is 6.17. The first kappa shape index (κ1) is 24.0. The number of hydrogen-bond acceptors (Lipinski definition) is 8. The van der Waals surface area contributed by atoms with E-state index in [4.69, 9.17) is 9.97 Å². The van der Waals surface area contributed by atoms with Crippen LogP contribution in [-0.4, -0.2) is 65.2 Å². The van der Waals surface area contributed by atoms with E-state index in [1.807, 2.05) is 51.2 Å². The molecule has 1 fully saturated rings. The maximum Gasteiger partial charge on any atom is 0.227 e. The van der Waals surface area contributed by atoms with Gasteiger partial charge >= 0.3 is 0 Å². The van der Waals surface area contributed by atoms with Crippen LogP contribution in [0, 0.1) is 19.8 Å². The van der Waals surface area contributed by atoms with Gasteiger partial charge in [-0.3, -0.25) is 9.89 Å². The van der Waals surface area contributed by atoms with Crippen molar-refractivity contribution in [2.75, 3.05) is 49.8 Å². The Morgan fingerprint density at radius 3 is 2.47 bits per heavy atom. The number of aromatic amines is 1. The van der Waals surface area contributed by atoms with Crippen molar-refractivity contribution in [3.8, 4) is 0 Å². The normalized spacial score (nSPS) is 13.2. The molecule has 0 spiro atoms. The smallest absolute Gasteiger partial charge is 0.227 e. The molecule has 1 aromatic carbocycles. The fourth-order valence-corrected chi connectivity index (χ4v) is 4.14. The molecule has 1 aliphatic carbocycles. The first-order chi connectivity index (χ1) is 16.3. The molecule has 1 saturated carbocycles. The standard InChI is InChI=1S/C24H32N8OS/c1-15-14-20(30-29-15)26-21-16(2)22(32(5)13-12-31(3)4)28-24(27-21)34-19-10-8-18(9-11-19)25-23(33)17-6-7-17/h8-11,14,17H,6-7,12-13H2,1-5H3,(H,25,33)(H2,26,27,28,29,30). The lowest BCUT2D eigenvalue weighted by Gasteiger charge is -2.23. The van der Waals surface area contributed by atoms with E-state index in [0.29, 0.717) is 11.0 Å². The summed E-state index contributed by atoms with van der Waals surface area (Å²) < 4.78 is 0. The van der Waals surface area contributed by atoms with Gasteiger partial charge in [0.05, 0.1) is 0 Å². The molecule has 0 saturated heterocycles. The predicted octanol–water partition coefficient (Wildman–Crippen LogP) is 4.06. The number of carbonyl (C=O) groups is 1. The van der Waals surface area contributed by atoms with Gasteiger partial charge in [0.1, 0.15) is 11.6 Å². The molecule has 9 nitrogen and oxygen atoms in total. The Morgan fingerprint density at radius 2 is 1.85 bits per heavy atom. The Morgan fingerprint density at radius 1 is 1.12 bits per heavy atom. The molecule has 0 atom stereocenters. The molecule has 2 aromatic heterocycles. The van der Waals surface area contributed by atoms with Crippen molar-refractivity contribution in [1.82, 2.24) is 25.1 Å². The summed E-state index contributed by atoms with van der Waals surface area (Å²) in [4.78, 5) is 27.0. The first-order valence-electron chi connectivity index (χ1n) is 11.4. The van der Waals surface area contributed by atoms with Crippen LogP contribution in [0.3, 0.4) is 0 Å². The van der Waals surface area contributed by atoms with Crippen molar-refractivity contribution >= 4 is 40.8 Å². The molecule has 3 N–H and O–H groups in total. The second kappa shape index (κ2) is 10.4. The lowest BCUT2D eigenvalue weighted by Crippen LogP contribution is -2.29. The molecular formula is C24H32N8OS. The second-order valence-corrected chi connectivity index (χ2v) is 10.0. The number of aryl methyl sites for hydroxylation is 1. The van der Waals surface area contributed by atoms with Crippen LogP contribution in [-0.2, 0) is 4.79 Å². The zero-order chi connectivity index (χ0) is 24.2. The number of nitrogens with zero attached hydrogens (tertiary/aromatic N) is 5. The number of rotatable bonds is 10. The van der Waals surface area contributed by atoms with Crippen molar-refractivity contribution in [1.29, 1.82) is 0 Å². The lowest BCUT2D eigenvalue weighted by molar-refractivity contribution is -0.117. The molecule has 10 heteroatoms. The number of hydrogen-bond donors (Lipinski definition) is 3. The van der Waals surface area contributed by atoms with Gasteiger partial charge in [-0.25, -0.2) is 9.97 Å². The molecule has 34 heavy (non-hydrogen) atoms. The number of H-pyrrole nitrogens is 1.